The predicted octanol–water partition coefficient (Wildman–Crippen LogP) is 2.08. The predicted molar refractivity (Wildman–Crippen MR) is 75.4 cm³/mol. The standard InChI is InChI=1S/C13H22ClN3O2/c1-6-19-13(18)11(15-8(2)3)7-17-10(5)12(14)9(4)16-17/h8,11,15H,6-7H2,1-5H3. The van der Waals surface area contributed by atoms with Gasteiger partial charge in [0, 0.05) is 6.04 Å². The highest BCUT2D eigenvalue weighted by atomic mass is 35.5. The Hall–Kier alpha value is -1.07. The molecule has 1 aromatic heterocycles. The average molecular weight is 288 g/mol. The summed E-state index contributed by atoms with van der Waals surface area (Å²) in [7, 11) is 0. The van der Waals surface area contributed by atoms with Gasteiger partial charge < -0.3 is 10.1 Å². The fourth-order valence-corrected chi connectivity index (χ4v) is 2.00. The normalized spacial score (nSPS) is 12.8. The maximum Gasteiger partial charge on any atom is 0.325 e. The SMILES string of the molecule is CCOC(=O)C(Cn1nc(C)c(Cl)c1C)NC(C)C. The third-order valence-electron chi connectivity index (χ3n) is 2.75. The molecule has 0 spiro atoms. The van der Waals surface area contributed by atoms with Crippen LogP contribution >= 0.6 is 11.6 Å². The molecule has 0 saturated carbocycles. The van der Waals surface area contributed by atoms with Crippen molar-refractivity contribution in [3.05, 3.63) is 16.4 Å². The molecule has 0 saturated heterocycles. The first-order valence-corrected chi connectivity index (χ1v) is 6.86. The number of ether oxygens (including phenoxy) is 1. The van der Waals surface area contributed by atoms with Crippen molar-refractivity contribution in [2.45, 2.75) is 53.2 Å². The third-order valence-corrected chi connectivity index (χ3v) is 3.30. The van der Waals surface area contributed by atoms with Crippen LogP contribution in [-0.4, -0.2) is 34.4 Å². The second-order valence-electron chi connectivity index (χ2n) is 4.79. The molecule has 19 heavy (non-hydrogen) atoms. The Morgan fingerprint density at radius 3 is 2.53 bits per heavy atom. The van der Waals surface area contributed by atoms with Crippen LogP contribution < -0.4 is 5.32 Å². The molecular formula is C13H22ClN3O2. The number of hydrogen-bond acceptors (Lipinski definition) is 4. The van der Waals surface area contributed by atoms with Gasteiger partial charge in [0.05, 0.1) is 29.6 Å². The molecule has 0 aliphatic carbocycles. The fraction of sp³-hybridized carbons (Fsp3) is 0.692. The molecule has 1 heterocycles. The number of rotatable bonds is 6. The van der Waals surface area contributed by atoms with E-state index in [9.17, 15) is 4.79 Å². The molecule has 1 aromatic rings. The molecule has 0 aliphatic rings. The molecule has 108 valence electrons. The second kappa shape index (κ2) is 6.91. The van der Waals surface area contributed by atoms with E-state index in [-0.39, 0.29) is 12.0 Å². The molecule has 0 fully saturated rings. The minimum absolute atomic E-state index is 0.182. The van der Waals surface area contributed by atoms with E-state index in [0.717, 1.165) is 11.4 Å². The molecule has 1 unspecified atom stereocenters. The number of nitrogens with zero attached hydrogens (tertiary/aromatic N) is 2. The summed E-state index contributed by atoms with van der Waals surface area (Å²) in [5, 5.41) is 8.17. The van der Waals surface area contributed by atoms with Gasteiger partial charge in [-0.3, -0.25) is 9.48 Å². The molecule has 0 radical (unpaired) electrons. The van der Waals surface area contributed by atoms with Gasteiger partial charge in [0.25, 0.3) is 0 Å². The maximum absolute atomic E-state index is 11.9. The van der Waals surface area contributed by atoms with E-state index in [1.807, 2.05) is 27.7 Å². The van der Waals surface area contributed by atoms with Gasteiger partial charge >= 0.3 is 5.97 Å². The lowest BCUT2D eigenvalue weighted by molar-refractivity contribution is -0.146. The van der Waals surface area contributed by atoms with Gasteiger partial charge in [-0.1, -0.05) is 25.4 Å². The number of halogens is 1. The Balaban J connectivity index is 2.87. The van der Waals surface area contributed by atoms with E-state index in [0.29, 0.717) is 18.2 Å². The Bertz CT molecular complexity index is 443. The van der Waals surface area contributed by atoms with E-state index < -0.39 is 6.04 Å². The monoisotopic (exact) mass is 287 g/mol. The van der Waals surface area contributed by atoms with Crippen LogP contribution in [0.4, 0.5) is 0 Å². The Morgan fingerprint density at radius 2 is 2.11 bits per heavy atom. The van der Waals surface area contributed by atoms with Gasteiger partial charge in [-0.25, -0.2) is 0 Å². The maximum atomic E-state index is 11.9. The fourth-order valence-electron chi connectivity index (χ4n) is 1.87. The summed E-state index contributed by atoms with van der Waals surface area (Å²) in [4.78, 5) is 11.9. The van der Waals surface area contributed by atoms with E-state index >= 15 is 0 Å². The summed E-state index contributed by atoms with van der Waals surface area (Å²) < 4.78 is 6.82. The molecular weight excluding hydrogens is 266 g/mol. The molecule has 1 rings (SSSR count). The Kier molecular flexibility index (Phi) is 5.82. The minimum Gasteiger partial charge on any atom is -0.465 e. The molecule has 1 N–H and O–H groups in total. The van der Waals surface area contributed by atoms with Crippen LogP contribution in [-0.2, 0) is 16.1 Å². The summed E-state index contributed by atoms with van der Waals surface area (Å²) in [6.45, 7) is 10.3. The highest BCUT2D eigenvalue weighted by molar-refractivity contribution is 6.31. The summed E-state index contributed by atoms with van der Waals surface area (Å²) in [5.41, 5.74) is 1.63. The van der Waals surface area contributed by atoms with Gasteiger partial charge in [-0.2, -0.15) is 5.10 Å². The lowest BCUT2D eigenvalue weighted by Gasteiger charge is -2.20. The van der Waals surface area contributed by atoms with Crippen molar-refractivity contribution >= 4 is 17.6 Å². The molecule has 6 heteroatoms. The lowest BCUT2D eigenvalue weighted by atomic mass is 10.2. The van der Waals surface area contributed by atoms with Gasteiger partial charge in [-0.05, 0) is 20.8 Å². The first-order valence-electron chi connectivity index (χ1n) is 6.49. The van der Waals surface area contributed by atoms with Crippen molar-refractivity contribution in [2.24, 2.45) is 0 Å². The summed E-state index contributed by atoms with van der Waals surface area (Å²) in [6, 6.07) is -0.240. The van der Waals surface area contributed by atoms with Crippen LogP contribution in [0.2, 0.25) is 5.02 Å². The Labute approximate surface area is 119 Å². The molecule has 5 nitrogen and oxygen atoms in total. The second-order valence-corrected chi connectivity index (χ2v) is 5.17. The quantitative estimate of drug-likeness (QED) is 0.814. The van der Waals surface area contributed by atoms with Crippen LogP contribution in [0.25, 0.3) is 0 Å². The van der Waals surface area contributed by atoms with Crippen molar-refractivity contribution in [3.8, 4) is 0 Å². The van der Waals surface area contributed by atoms with E-state index in [1.54, 1.807) is 11.6 Å². The minimum atomic E-state index is -0.422. The van der Waals surface area contributed by atoms with Crippen molar-refractivity contribution < 1.29 is 9.53 Å². The van der Waals surface area contributed by atoms with E-state index in [1.165, 1.54) is 0 Å². The molecule has 0 aromatic carbocycles. The van der Waals surface area contributed by atoms with Crippen LogP contribution in [0, 0.1) is 13.8 Å². The molecule has 0 amide bonds. The largest absolute Gasteiger partial charge is 0.465 e. The zero-order chi connectivity index (χ0) is 14.6. The summed E-state index contributed by atoms with van der Waals surface area (Å²) in [5.74, 6) is -0.264. The van der Waals surface area contributed by atoms with E-state index in [4.69, 9.17) is 16.3 Å². The number of aryl methyl sites for hydroxylation is 1. The number of esters is 1. The number of aromatic nitrogens is 2. The highest BCUT2D eigenvalue weighted by Gasteiger charge is 2.23. The van der Waals surface area contributed by atoms with Crippen LogP contribution in [0.15, 0.2) is 0 Å². The highest BCUT2D eigenvalue weighted by Crippen LogP contribution is 2.19. The molecule has 0 aliphatic heterocycles. The molecule has 1 atom stereocenters. The van der Waals surface area contributed by atoms with Crippen molar-refractivity contribution in [3.63, 3.8) is 0 Å². The van der Waals surface area contributed by atoms with Gasteiger partial charge in [0.2, 0.25) is 0 Å². The van der Waals surface area contributed by atoms with Gasteiger partial charge in [-0.15, -0.1) is 0 Å². The zero-order valence-corrected chi connectivity index (χ0v) is 12.9. The average Bonchev–Trinajstić information content (AvgIpc) is 2.56. The van der Waals surface area contributed by atoms with E-state index in [2.05, 4.69) is 10.4 Å². The van der Waals surface area contributed by atoms with Gasteiger partial charge in [0.15, 0.2) is 0 Å². The number of hydrogen-bond donors (Lipinski definition) is 1. The van der Waals surface area contributed by atoms with Crippen molar-refractivity contribution in [2.75, 3.05) is 6.61 Å². The summed E-state index contributed by atoms with van der Waals surface area (Å²) >= 11 is 6.11. The summed E-state index contributed by atoms with van der Waals surface area (Å²) in [6.07, 6.45) is 0. The van der Waals surface area contributed by atoms with Crippen LogP contribution in [0.3, 0.4) is 0 Å². The topological polar surface area (TPSA) is 56.2 Å². The number of carbonyl (C=O) groups is 1. The van der Waals surface area contributed by atoms with Crippen LogP contribution in [0.1, 0.15) is 32.2 Å². The first-order chi connectivity index (χ1) is 8.86. The zero-order valence-electron chi connectivity index (χ0n) is 12.2. The smallest absolute Gasteiger partial charge is 0.325 e. The number of nitrogens with one attached hydrogen (secondary N) is 1. The first kappa shape index (κ1) is 16.0. The number of carbonyl (C=O) groups excluding carboxylic acids is 1. The van der Waals surface area contributed by atoms with Gasteiger partial charge in [0.1, 0.15) is 6.04 Å². The third kappa shape index (κ3) is 4.21. The van der Waals surface area contributed by atoms with Crippen molar-refractivity contribution in [1.29, 1.82) is 0 Å². The van der Waals surface area contributed by atoms with Crippen molar-refractivity contribution in [1.82, 2.24) is 15.1 Å². The molecule has 0 bridgehead atoms. The lowest BCUT2D eigenvalue weighted by Crippen LogP contribution is -2.45. The Morgan fingerprint density at radius 1 is 1.47 bits per heavy atom. The van der Waals surface area contributed by atoms with Crippen LogP contribution in [0.5, 0.6) is 0 Å².